The number of nitrogens with two attached hydrogens (primary N) is 1. The van der Waals surface area contributed by atoms with Gasteiger partial charge in [0.1, 0.15) is 16.5 Å². The van der Waals surface area contributed by atoms with Crippen molar-refractivity contribution in [3.63, 3.8) is 0 Å². The maximum atomic E-state index is 13.1. The Labute approximate surface area is 112 Å². The maximum absolute atomic E-state index is 13.1. The van der Waals surface area contributed by atoms with Crippen molar-refractivity contribution in [3.05, 3.63) is 40.8 Å². The van der Waals surface area contributed by atoms with Crippen LogP contribution in [0.1, 0.15) is 16.6 Å². The molecule has 0 radical (unpaired) electrons. The van der Waals surface area contributed by atoms with Gasteiger partial charge in [0.25, 0.3) is 0 Å². The van der Waals surface area contributed by atoms with Crippen LogP contribution in [0, 0.1) is 11.6 Å². The molecule has 0 aliphatic heterocycles. The molecule has 2 rings (SSSR count). The molecule has 0 atom stereocenters. The fourth-order valence-electron chi connectivity index (χ4n) is 1.60. The molecule has 19 heavy (non-hydrogen) atoms. The van der Waals surface area contributed by atoms with Gasteiger partial charge >= 0.3 is 5.97 Å². The molecule has 1 aromatic heterocycles. The van der Waals surface area contributed by atoms with E-state index in [1.165, 1.54) is 18.2 Å². The molecule has 100 valence electrons. The van der Waals surface area contributed by atoms with E-state index in [0.717, 1.165) is 17.4 Å². The average molecular weight is 283 g/mol. The number of anilines is 1. The van der Waals surface area contributed by atoms with Crippen LogP contribution in [0.3, 0.4) is 0 Å². The number of benzene rings is 1. The minimum atomic E-state index is -0.681. The van der Waals surface area contributed by atoms with Crippen LogP contribution in [0.25, 0.3) is 10.4 Å². The Morgan fingerprint density at radius 2 is 1.89 bits per heavy atom. The van der Waals surface area contributed by atoms with Crippen LogP contribution in [-0.2, 0) is 4.74 Å². The molecule has 0 bridgehead atoms. The van der Waals surface area contributed by atoms with Gasteiger partial charge in [0, 0.05) is 10.9 Å². The first kappa shape index (κ1) is 13.5. The molecule has 0 spiro atoms. The molecule has 1 heterocycles. The van der Waals surface area contributed by atoms with E-state index in [9.17, 15) is 13.6 Å². The quantitative estimate of drug-likeness (QED) is 0.878. The van der Waals surface area contributed by atoms with Crippen LogP contribution >= 0.6 is 11.3 Å². The third kappa shape index (κ3) is 2.90. The lowest BCUT2D eigenvalue weighted by Gasteiger charge is -1.99. The van der Waals surface area contributed by atoms with E-state index in [1.807, 2.05) is 0 Å². The minimum absolute atomic E-state index is 0.236. The number of carbonyl (C=O) groups excluding carboxylic acids is 1. The second kappa shape index (κ2) is 5.36. The molecule has 3 nitrogen and oxygen atoms in total. The fraction of sp³-hybridized carbons (Fsp3) is 0.154. The summed E-state index contributed by atoms with van der Waals surface area (Å²) in [5, 5.41) is 0. The van der Waals surface area contributed by atoms with E-state index in [4.69, 9.17) is 10.5 Å². The standard InChI is InChI=1S/C13H11F2NO2S/c1-2-18-13(17)12-10(16)6-11(19-12)7-3-8(14)5-9(15)4-7/h3-6H,2,16H2,1H3. The van der Waals surface area contributed by atoms with Crippen LogP contribution in [0.5, 0.6) is 0 Å². The van der Waals surface area contributed by atoms with Crippen molar-refractivity contribution >= 4 is 23.0 Å². The largest absolute Gasteiger partial charge is 0.462 e. The third-order valence-electron chi connectivity index (χ3n) is 2.37. The zero-order chi connectivity index (χ0) is 14.0. The lowest BCUT2D eigenvalue weighted by Crippen LogP contribution is -2.04. The van der Waals surface area contributed by atoms with E-state index in [2.05, 4.69) is 0 Å². The number of ether oxygens (including phenoxy) is 1. The van der Waals surface area contributed by atoms with Gasteiger partial charge in [0.05, 0.1) is 12.3 Å². The molecule has 2 N–H and O–H groups in total. The summed E-state index contributed by atoms with van der Waals surface area (Å²) in [7, 11) is 0. The molecule has 0 amide bonds. The Hall–Kier alpha value is -1.95. The summed E-state index contributed by atoms with van der Waals surface area (Å²) in [6.45, 7) is 1.92. The Morgan fingerprint density at radius 1 is 1.26 bits per heavy atom. The number of hydrogen-bond acceptors (Lipinski definition) is 4. The van der Waals surface area contributed by atoms with Gasteiger partial charge in [0.2, 0.25) is 0 Å². The van der Waals surface area contributed by atoms with Gasteiger partial charge in [-0.2, -0.15) is 0 Å². The molecule has 0 fully saturated rings. The average Bonchev–Trinajstić information content (AvgIpc) is 2.70. The van der Waals surface area contributed by atoms with E-state index in [-0.39, 0.29) is 17.2 Å². The van der Waals surface area contributed by atoms with E-state index >= 15 is 0 Å². The molecular weight excluding hydrogens is 272 g/mol. The second-order valence-electron chi connectivity index (χ2n) is 3.77. The number of rotatable bonds is 3. The van der Waals surface area contributed by atoms with Crippen molar-refractivity contribution < 1.29 is 18.3 Å². The maximum Gasteiger partial charge on any atom is 0.350 e. The van der Waals surface area contributed by atoms with Crippen molar-refractivity contribution in [2.24, 2.45) is 0 Å². The smallest absolute Gasteiger partial charge is 0.350 e. The van der Waals surface area contributed by atoms with Crippen LogP contribution in [-0.4, -0.2) is 12.6 Å². The van der Waals surface area contributed by atoms with E-state index < -0.39 is 17.6 Å². The van der Waals surface area contributed by atoms with E-state index in [1.54, 1.807) is 6.92 Å². The van der Waals surface area contributed by atoms with Gasteiger partial charge in [-0.1, -0.05) is 0 Å². The predicted octanol–water partition coefficient (Wildman–Crippen LogP) is 3.45. The summed E-state index contributed by atoms with van der Waals surface area (Å²) in [6.07, 6.45) is 0. The predicted molar refractivity (Wildman–Crippen MR) is 70.0 cm³/mol. The summed E-state index contributed by atoms with van der Waals surface area (Å²) in [5.74, 6) is -1.90. The van der Waals surface area contributed by atoms with Crippen LogP contribution in [0.4, 0.5) is 14.5 Å². The van der Waals surface area contributed by atoms with Crippen molar-refractivity contribution in [2.45, 2.75) is 6.92 Å². The number of hydrogen-bond donors (Lipinski definition) is 1. The molecule has 0 aliphatic carbocycles. The van der Waals surface area contributed by atoms with Gasteiger partial charge in [-0.25, -0.2) is 13.6 Å². The van der Waals surface area contributed by atoms with Crippen molar-refractivity contribution in [1.82, 2.24) is 0 Å². The van der Waals surface area contributed by atoms with Gasteiger partial charge in [-0.05, 0) is 30.7 Å². The Bertz CT molecular complexity index is 605. The number of thiophene rings is 1. The molecule has 0 aliphatic rings. The number of halogens is 2. The number of esters is 1. The monoisotopic (exact) mass is 283 g/mol. The van der Waals surface area contributed by atoms with Crippen LogP contribution < -0.4 is 5.73 Å². The zero-order valence-corrected chi connectivity index (χ0v) is 10.9. The van der Waals surface area contributed by atoms with E-state index in [0.29, 0.717) is 10.4 Å². The van der Waals surface area contributed by atoms with Crippen LogP contribution in [0.15, 0.2) is 24.3 Å². The lowest BCUT2D eigenvalue weighted by molar-refractivity contribution is 0.0533. The highest BCUT2D eigenvalue weighted by Crippen LogP contribution is 2.34. The highest BCUT2D eigenvalue weighted by molar-refractivity contribution is 7.18. The molecule has 6 heteroatoms. The SMILES string of the molecule is CCOC(=O)c1sc(-c2cc(F)cc(F)c2)cc1N. The van der Waals surface area contributed by atoms with Gasteiger partial charge in [-0.15, -0.1) is 11.3 Å². The van der Waals surface area contributed by atoms with Gasteiger partial charge in [0.15, 0.2) is 0 Å². The summed E-state index contributed by atoms with van der Waals surface area (Å²) < 4.78 is 31.1. The lowest BCUT2D eigenvalue weighted by atomic mass is 10.2. The normalized spacial score (nSPS) is 10.5. The highest BCUT2D eigenvalue weighted by Gasteiger charge is 2.17. The zero-order valence-electron chi connectivity index (χ0n) is 10.1. The Morgan fingerprint density at radius 3 is 2.47 bits per heavy atom. The molecule has 1 aromatic carbocycles. The molecule has 0 unspecified atom stereocenters. The van der Waals surface area contributed by atoms with Gasteiger partial charge in [-0.3, -0.25) is 0 Å². The first-order valence-corrected chi connectivity index (χ1v) is 6.35. The summed E-state index contributed by atoms with van der Waals surface area (Å²) in [6, 6.07) is 4.66. The molecular formula is C13H11F2NO2S. The summed E-state index contributed by atoms with van der Waals surface area (Å²) in [4.78, 5) is 12.4. The Balaban J connectivity index is 2.41. The Kier molecular flexibility index (Phi) is 3.80. The number of nitrogen functional groups attached to an aromatic ring is 1. The minimum Gasteiger partial charge on any atom is -0.462 e. The number of carbonyl (C=O) groups is 1. The third-order valence-corrected chi connectivity index (χ3v) is 3.55. The summed E-state index contributed by atoms with van der Waals surface area (Å²) >= 11 is 1.05. The van der Waals surface area contributed by atoms with Gasteiger partial charge < -0.3 is 10.5 Å². The van der Waals surface area contributed by atoms with Crippen molar-refractivity contribution in [1.29, 1.82) is 0 Å². The van der Waals surface area contributed by atoms with Crippen molar-refractivity contribution in [3.8, 4) is 10.4 Å². The summed E-state index contributed by atoms with van der Waals surface area (Å²) in [5.41, 5.74) is 6.28. The molecule has 0 saturated heterocycles. The first-order chi connectivity index (χ1) is 9.01. The van der Waals surface area contributed by atoms with Crippen molar-refractivity contribution in [2.75, 3.05) is 12.3 Å². The highest BCUT2D eigenvalue weighted by atomic mass is 32.1. The fourth-order valence-corrected chi connectivity index (χ4v) is 2.56. The first-order valence-electron chi connectivity index (χ1n) is 5.54. The molecule has 2 aromatic rings. The topological polar surface area (TPSA) is 52.3 Å². The molecule has 0 saturated carbocycles. The second-order valence-corrected chi connectivity index (χ2v) is 4.83. The van der Waals surface area contributed by atoms with Crippen LogP contribution in [0.2, 0.25) is 0 Å².